The second-order valence-corrected chi connectivity index (χ2v) is 7.63. The minimum atomic E-state index is 0.777. The summed E-state index contributed by atoms with van der Waals surface area (Å²) in [4.78, 5) is 5.04. The van der Waals surface area contributed by atoms with Crippen LogP contribution in [0.2, 0.25) is 0 Å². The van der Waals surface area contributed by atoms with E-state index in [9.17, 15) is 0 Å². The first-order valence-corrected chi connectivity index (χ1v) is 10.0. The average molecular weight is 393 g/mol. The summed E-state index contributed by atoms with van der Waals surface area (Å²) < 4.78 is 9.99. The SMILES string of the molecule is COc1cc2cc(-n3cccc3)c(-n3cccc3)cc2nc1-c1cc(C)cc(C)c1. The van der Waals surface area contributed by atoms with Gasteiger partial charge in [-0.1, -0.05) is 17.2 Å². The molecule has 0 unspecified atom stereocenters. The molecule has 0 N–H and O–H groups in total. The predicted octanol–water partition coefficient (Wildman–Crippen LogP) is 6.11. The minimum absolute atomic E-state index is 0.777. The number of aryl methyl sites for hydroxylation is 2. The number of pyridine rings is 1. The fourth-order valence-corrected chi connectivity index (χ4v) is 4.06. The van der Waals surface area contributed by atoms with Crippen molar-refractivity contribution in [3.05, 3.63) is 96.6 Å². The van der Waals surface area contributed by atoms with Crippen molar-refractivity contribution in [2.75, 3.05) is 7.11 Å². The molecule has 2 aromatic carbocycles. The Morgan fingerprint density at radius 2 is 1.27 bits per heavy atom. The zero-order chi connectivity index (χ0) is 20.7. The molecule has 148 valence electrons. The van der Waals surface area contributed by atoms with Crippen LogP contribution in [0.25, 0.3) is 33.5 Å². The molecule has 0 amide bonds. The molecule has 0 fully saturated rings. The number of benzene rings is 2. The third kappa shape index (κ3) is 3.16. The van der Waals surface area contributed by atoms with Gasteiger partial charge in [0.1, 0.15) is 11.4 Å². The van der Waals surface area contributed by atoms with Crippen LogP contribution in [0.15, 0.2) is 85.5 Å². The smallest absolute Gasteiger partial charge is 0.145 e. The highest BCUT2D eigenvalue weighted by atomic mass is 16.5. The molecule has 0 aliphatic rings. The number of fused-ring (bicyclic) bond motifs is 1. The lowest BCUT2D eigenvalue weighted by Gasteiger charge is -2.16. The molecule has 5 aromatic rings. The molecule has 4 nitrogen and oxygen atoms in total. The van der Waals surface area contributed by atoms with E-state index in [0.29, 0.717) is 0 Å². The normalized spacial score (nSPS) is 11.2. The minimum Gasteiger partial charge on any atom is -0.494 e. The van der Waals surface area contributed by atoms with Crippen molar-refractivity contribution in [1.82, 2.24) is 14.1 Å². The molecule has 3 heterocycles. The maximum Gasteiger partial charge on any atom is 0.145 e. The zero-order valence-corrected chi connectivity index (χ0v) is 17.3. The lowest BCUT2D eigenvalue weighted by molar-refractivity contribution is 0.415. The molecule has 5 rings (SSSR count). The second kappa shape index (κ2) is 7.23. The first-order valence-electron chi connectivity index (χ1n) is 10.0. The van der Waals surface area contributed by atoms with Gasteiger partial charge in [-0.2, -0.15) is 0 Å². The lowest BCUT2D eigenvalue weighted by atomic mass is 10.0. The van der Waals surface area contributed by atoms with Gasteiger partial charge in [-0.3, -0.25) is 0 Å². The maximum atomic E-state index is 5.75. The van der Waals surface area contributed by atoms with Crippen LogP contribution in [0.1, 0.15) is 11.1 Å². The second-order valence-electron chi connectivity index (χ2n) is 7.63. The average Bonchev–Trinajstić information content (AvgIpc) is 3.45. The van der Waals surface area contributed by atoms with E-state index in [1.165, 1.54) is 11.1 Å². The molecule has 3 aromatic heterocycles. The molecule has 4 heteroatoms. The van der Waals surface area contributed by atoms with Gasteiger partial charge in [0.25, 0.3) is 0 Å². The summed E-state index contributed by atoms with van der Waals surface area (Å²) in [5, 5.41) is 1.04. The molecule has 0 aliphatic carbocycles. The van der Waals surface area contributed by atoms with Crippen LogP contribution in [-0.4, -0.2) is 21.2 Å². The number of aromatic nitrogens is 3. The van der Waals surface area contributed by atoms with Gasteiger partial charge in [-0.05, 0) is 68.4 Å². The summed E-state index contributed by atoms with van der Waals surface area (Å²) >= 11 is 0. The van der Waals surface area contributed by atoms with E-state index < -0.39 is 0 Å². The molecular weight excluding hydrogens is 370 g/mol. The third-order valence-corrected chi connectivity index (χ3v) is 5.36. The van der Waals surface area contributed by atoms with E-state index in [4.69, 9.17) is 9.72 Å². The maximum absolute atomic E-state index is 5.75. The number of hydrogen-bond donors (Lipinski definition) is 0. The Kier molecular flexibility index (Phi) is 4.40. The van der Waals surface area contributed by atoms with Gasteiger partial charge < -0.3 is 13.9 Å². The third-order valence-electron chi connectivity index (χ3n) is 5.36. The molecule has 30 heavy (non-hydrogen) atoms. The summed E-state index contributed by atoms with van der Waals surface area (Å²) in [6.07, 6.45) is 8.23. The Bertz CT molecular complexity index is 1310. The van der Waals surface area contributed by atoms with Crippen LogP contribution < -0.4 is 4.74 Å². The summed E-state index contributed by atoms with van der Waals surface area (Å²) in [6, 6.07) is 21.0. The standard InChI is InChI=1S/C26H23N3O/c1-18-12-19(2)14-21(13-18)26-25(30-3)16-20-15-23(28-8-4-5-9-28)24(17-22(20)27-26)29-10-6-7-11-29/h4-17H,1-3H3. The van der Waals surface area contributed by atoms with E-state index in [2.05, 4.69) is 84.2 Å². The van der Waals surface area contributed by atoms with Crippen molar-refractivity contribution < 1.29 is 4.74 Å². The Balaban J connectivity index is 1.79. The molecular formula is C26H23N3O. The predicted molar refractivity (Wildman–Crippen MR) is 122 cm³/mol. The monoisotopic (exact) mass is 393 g/mol. The summed E-state index contributed by atoms with van der Waals surface area (Å²) in [5.41, 5.74) is 7.46. The number of methoxy groups -OCH3 is 1. The van der Waals surface area contributed by atoms with Crippen molar-refractivity contribution in [2.24, 2.45) is 0 Å². The van der Waals surface area contributed by atoms with Crippen LogP contribution in [0.5, 0.6) is 5.75 Å². The fourth-order valence-electron chi connectivity index (χ4n) is 4.06. The number of hydrogen-bond acceptors (Lipinski definition) is 2. The van der Waals surface area contributed by atoms with Gasteiger partial charge in [0.05, 0.1) is 24.0 Å². The molecule has 0 atom stereocenters. The quantitative estimate of drug-likeness (QED) is 0.369. The van der Waals surface area contributed by atoms with E-state index in [1.54, 1.807) is 7.11 Å². The molecule has 0 saturated carbocycles. The largest absolute Gasteiger partial charge is 0.494 e. The first kappa shape index (κ1) is 18.3. The number of ether oxygens (including phenoxy) is 1. The number of nitrogens with zero attached hydrogens (tertiary/aromatic N) is 3. The molecule has 0 saturated heterocycles. The summed E-state index contributed by atoms with van der Waals surface area (Å²) in [6.45, 7) is 4.22. The number of rotatable bonds is 4. The molecule has 0 radical (unpaired) electrons. The van der Waals surface area contributed by atoms with Crippen molar-refractivity contribution in [2.45, 2.75) is 13.8 Å². The van der Waals surface area contributed by atoms with Crippen molar-refractivity contribution in [3.8, 4) is 28.4 Å². The Morgan fingerprint density at radius 3 is 1.83 bits per heavy atom. The van der Waals surface area contributed by atoms with Gasteiger partial charge in [0, 0.05) is 35.7 Å². The summed E-state index contributed by atoms with van der Waals surface area (Å²) in [5.74, 6) is 0.777. The highest BCUT2D eigenvalue weighted by Gasteiger charge is 2.15. The molecule has 0 aliphatic heterocycles. The van der Waals surface area contributed by atoms with E-state index >= 15 is 0 Å². The first-order chi connectivity index (χ1) is 14.6. The molecule has 0 bridgehead atoms. The lowest BCUT2D eigenvalue weighted by Crippen LogP contribution is -2.01. The Labute approximate surface area is 176 Å². The van der Waals surface area contributed by atoms with Gasteiger partial charge in [-0.15, -0.1) is 0 Å². The van der Waals surface area contributed by atoms with Gasteiger partial charge in [0.2, 0.25) is 0 Å². The van der Waals surface area contributed by atoms with Gasteiger partial charge >= 0.3 is 0 Å². The van der Waals surface area contributed by atoms with Crippen LogP contribution in [0.4, 0.5) is 0 Å². The van der Waals surface area contributed by atoms with Crippen LogP contribution in [-0.2, 0) is 0 Å². The highest BCUT2D eigenvalue weighted by molar-refractivity contribution is 5.89. The Morgan fingerprint density at radius 1 is 0.700 bits per heavy atom. The van der Waals surface area contributed by atoms with Gasteiger partial charge in [0.15, 0.2) is 0 Å². The fraction of sp³-hybridized carbons (Fsp3) is 0.115. The van der Waals surface area contributed by atoms with Crippen LogP contribution >= 0.6 is 0 Å². The van der Waals surface area contributed by atoms with Crippen molar-refractivity contribution in [1.29, 1.82) is 0 Å². The van der Waals surface area contributed by atoms with Gasteiger partial charge in [-0.25, -0.2) is 4.98 Å². The topological polar surface area (TPSA) is 32.0 Å². The van der Waals surface area contributed by atoms with Crippen molar-refractivity contribution in [3.63, 3.8) is 0 Å². The zero-order valence-electron chi connectivity index (χ0n) is 17.3. The summed E-state index contributed by atoms with van der Waals surface area (Å²) in [7, 11) is 1.70. The van der Waals surface area contributed by atoms with E-state index in [0.717, 1.165) is 39.3 Å². The van der Waals surface area contributed by atoms with Crippen LogP contribution in [0, 0.1) is 13.8 Å². The van der Waals surface area contributed by atoms with Crippen molar-refractivity contribution >= 4 is 10.9 Å². The highest BCUT2D eigenvalue weighted by Crippen LogP contribution is 2.35. The van der Waals surface area contributed by atoms with E-state index in [1.807, 2.05) is 24.3 Å². The molecule has 0 spiro atoms. The van der Waals surface area contributed by atoms with Crippen LogP contribution in [0.3, 0.4) is 0 Å². The Hall–Kier alpha value is -3.79. The van der Waals surface area contributed by atoms with E-state index in [-0.39, 0.29) is 0 Å².